The van der Waals surface area contributed by atoms with Gasteiger partial charge < -0.3 is 0 Å². The molecule has 1 heteroatoms. The van der Waals surface area contributed by atoms with E-state index >= 15 is 0 Å². The Labute approximate surface area is 51.1 Å². The minimum atomic E-state index is 0.396. The zero-order chi connectivity index (χ0) is 6.57. The van der Waals surface area contributed by atoms with Crippen molar-refractivity contribution in [3.63, 3.8) is 0 Å². The molecule has 0 saturated carbocycles. The van der Waals surface area contributed by atoms with E-state index in [9.17, 15) is 0 Å². The van der Waals surface area contributed by atoms with E-state index in [0.29, 0.717) is 6.04 Å². The van der Waals surface area contributed by atoms with Gasteiger partial charge in [-0.05, 0) is 26.8 Å². The van der Waals surface area contributed by atoms with Gasteiger partial charge in [-0.2, -0.15) is 0 Å². The number of rotatable bonds is 2. The molecule has 46 valence electrons. The molecule has 0 aliphatic heterocycles. The van der Waals surface area contributed by atoms with Crippen LogP contribution in [0.3, 0.4) is 0 Å². The minimum absolute atomic E-state index is 0.396. The van der Waals surface area contributed by atoms with Gasteiger partial charge in [-0.1, -0.05) is 6.58 Å². The Bertz CT molecular complexity index is 101. The second-order valence-corrected chi connectivity index (χ2v) is 2.07. The highest BCUT2D eigenvalue weighted by atomic mass is 14.8. The lowest BCUT2D eigenvalue weighted by atomic mass is 10.3. The molecule has 0 radical (unpaired) electrons. The number of allylic oxidation sites excluding steroid dienone is 1. The standard InChI is InChI=1S/C7H13N/c1-5-7(4)8-6(2)3/h5-6H,1H2,2-4H3/b8-7-. The van der Waals surface area contributed by atoms with Crippen molar-refractivity contribution >= 4 is 5.71 Å². The van der Waals surface area contributed by atoms with Crippen LogP contribution < -0.4 is 0 Å². The van der Waals surface area contributed by atoms with E-state index < -0.39 is 0 Å². The van der Waals surface area contributed by atoms with Gasteiger partial charge in [0.05, 0.1) is 0 Å². The van der Waals surface area contributed by atoms with E-state index in [1.165, 1.54) is 0 Å². The Morgan fingerprint density at radius 1 is 1.62 bits per heavy atom. The molecule has 0 atom stereocenters. The third-order valence-electron chi connectivity index (χ3n) is 0.757. The largest absolute Gasteiger partial charge is 0.287 e. The summed E-state index contributed by atoms with van der Waals surface area (Å²) in [4.78, 5) is 4.19. The molecule has 0 N–H and O–H groups in total. The van der Waals surface area contributed by atoms with Gasteiger partial charge in [-0.15, -0.1) is 0 Å². The molecule has 0 amide bonds. The molecule has 0 bridgehead atoms. The number of hydrogen-bond donors (Lipinski definition) is 0. The van der Waals surface area contributed by atoms with Gasteiger partial charge >= 0.3 is 0 Å². The summed E-state index contributed by atoms with van der Waals surface area (Å²) in [5.41, 5.74) is 1.01. The summed E-state index contributed by atoms with van der Waals surface area (Å²) in [6.45, 7) is 9.63. The van der Waals surface area contributed by atoms with Gasteiger partial charge in [0.1, 0.15) is 0 Å². The lowest BCUT2D eigenvalue weighted by Gasteiger charge is -1.94. The second kappa shape index (κ2) is 3.42. The van der Waals surface area contributed by atoms with Crippen LogP contribution in [0.2, 0.25) is 0 Å². The van der Waals surface area contributed by atoms with Crippen molar-refractivity contribution in [1.29, 1.82) is 0 Å². The summed E-state index contributed by atoms with van der Waals surface area (Å²) in [7, 11) is 0. The Kier molecular flexibility index (Phi) is 3.16. The highest BCUT2D eigenvalue weighted by Gasteiger charge is 1.84. The monoisotopic (exact) mass is 111 g/mol. The lowest BCUT2D eigenvalue weighted by molar-refractivity contribution is 0.836. The highest BCUT2D eigenvalue weighted by Crippen LogP contribution is 1.87. The fraction of sp³-hybridized carbons (Fsp3) is 0.571. The summed E-state index contributed by atoms with van der Waals surface area (Å²) in [5, 5.41) is 0. The Morgan fingerprint density at radius 3 is 2.25 bits per heavy atom. The zero-order valence-electron chi connectivity index (χ0n) is 5.81. The molecule has 0 aromatic carbocycles. The van der Waals surface area contributed by atoms with Crippen molar-refractivity contribution in [3.05, 3.63) is 12.7 Å². The van der Waals surface area contributed by atoms with Gasteiger partial charge in [0.25, 0.3) is 0 Å². The predicted octanol–water partition coefficient (Wildman–Crippen LogP) is 2.04. The van der Waals surface area contributed by atoms with Crippen molar-refractivity contribution in [2.45, 2.75) is 26.8 Å². The molecule has 1 nitrogen and oxygen atoms in total. The molecule has 0 saturated heterocycles. The molecule has 0 aliphatic carbocycles. The number of nitrogens with zero attached hydrogens (tertiary/aromatic N) is 1. The maximum atomic E-state index is 4.19. The molecule has 0 aromatic rings. The van der Waals surface area contributed by atoms with E-state index in [1.54, 1.807) is 6.08 Å². The molecular formula is C7H13N. The first-order valence-corrected chi connectivity index (χ1v) is 2.83. The Hall–Kier alpha value is -0.590. The lowest BCUT2D eigenvalue weighted by Crippen LogP contribution is -1.93. The van der Waals surface area contributed by atoms with Crippen molar-refractivity contribution in [1.82, 2.24) is 0 Å². The van der Waals surface area contributed by atoms with Crippen LogP contribution in [0.1, 0.15) is 20.8 Å². The van der Waals surface area contributed by atoms with Crippen LogP contribution in [-0.2, 0) is 0 Å². The van der Waals surface area contributed by atoms with Crippen LogP contribution in [0.4, 0.5) is 0 Å². The topological polar surface area (TPSA) is 12.4 Å². The Morgan fingerprint density at radius 2 is 2.12 bits per heavy atom. The van der Waals surface area contributed by atoms with Gasteiger partial charge in [-0.25, -0.2) is 0 Å². The van der Waals surface area contributed by atoms with Crippen LogP contribution >= 0.6 is 0 Å². The Balaban J connectivity index is 3.74. The van der Waals surface area contributed by atoms with E-state index in [4.69, 9.17) is 0 Å². The summed E-state index contributed by atoms with van der Waals surface area (Å²) in [5.74, 6) is 0. The third kappa shape index (κ3) is 3.59. The maximum absolute atomic E-state index is 4.19. The normalized spacial score (nSPS) is 12.2. The zero-order valence-corrected chi connectivity index (χ0v) is 5.81. The van der Waals surface area contributed by atoms with Gasteiger partial charge in [-0.3, -0.25) is 4.99 Å². The van der Waals surface area contributed by atoms with Crippen LogP contribution in [0, 0.1) is 0 Å². The van der Waals surface area contributed by atoms with Gasteiger partial charge in [0.15, 0.2) is 0 Å². The number of aliphatic imine (C=N–C) groups is 1. The maximum Gasteiger partial charge on any atom is 0.0446 e. The van der Waals surface area contributed by atoms with Gasteiger partial charge in [0.2, 0.25) is 0 Å². The fourth-order valence-corrected chi connectivity index (χ4v) is 0.460. The first-order valence-electron chi connectivity index (χ1n) is 2.83. The average molecular weight is 111 g/mol. The fourth-order valence-electron chi connectivity index (χ4n) is 0.460. The molecule has 0 heterocycles. The van der Waals surface area contributed by atoms with Crippen LogP contribution in [0.5, 0.6) is 0 Å². The predicted molar refractivity (Wildman–Crippen MR) is 38.4 cm³/mol. The third-order valence-corrected chi connectivity index (χ3v) is 0.757. The molecular weight excluding hydrogens is 98.1 g/mol. The van der Waals surface area contributed by atoms with E-state index in [2.05, 4.69) is 11.6 Å². The second-order valence-electron chi connectivity index (χ2n) is 2.07. The molecule has 0 unspecified atom stereocenters. The SMILES string of the molecule is C=C/C(C)=N\C(C)C. The van der Waals surface area contributed by atoms with Crippen molar-refractivity contribution in [2.24, 2.45) is 4.99 Å². The van der Waals surface area contributed by atoms with Crippen molar-refractivity contribution in [3.8, 4) is 0 Å². The minimum Gasteiger partial charge on any atom is -0.287 e. The quantitative estimate of drug-likeness (QED) is 0.483. The van der Waals surface area contributed by atoms with Crippen LogP contribution in [0.15, 0.2) is 17.6 Å². The first kappa shape index (κ1) is 7.41. The van der Waals surface area contributed by atoms with Crippen LogP contribution in [0.25, 0.3) is 0 Å². The molecule has 0 fully saturated rings. The highest BCUT2D eigenvalue weighted by molar-refractivity contribution is 5.92. The summed E-state index contributed by atoms with van der Waals surface area (Å²) in [6.07, 6.45) is 1.76. The molecule has 0 aliphatic rings. The summed E-state index contributed by atoms with van der Waals surface area (Å²) in [6, 6.07) is 0.396. The molecule has 0 aromatic heterocycles. The summed E-state index contributed by atoms with van der Waals surface area (Å²) < 4.78 is 0. The van der Waals surface area contributed by atoms with Crippen LogP contribution in [-0.4, -0.2) is 11.8 Å². The van der Waals surface area contributed by atoms with E-state index in [-0.39, 0.29) is 0 Å². The van der Waals surface area contributed by atoms with E-state index in [0.717, 1.165) is 5.71 Å². The van der Waals surface area contributed by atoms with Crippen molar-refractivity contribution < 1.29 is 0 Å². The molecule has 0 rings (SSSR count). The molecule has 0 spiro atoms. The van der Waals surface area contributed by atoms with E-state index in [1.807, 2.05) is 20.8 Å². The smallest absolute Gasteiger partial charge is 0.0446 e. The van der Waals surface area contributed by atoms with Gasteiger partial charge in [0, 0.05) is 11.8 Å². The number of hydrogen-bond acceptors (Lipinski definition) is 1. The first-order chi connectivity index (χ1) is 3.66. The molecule has 8 heavy (non-hydrogen) atoms. The average Bonchev–Trinajstić information content (AvgIpc) is 1.65. The summed E-state index contributed by atoms with van der Waals surface area (Å²) >= 11 is 0. The van der Waals surface area contributed by atoms with Crippen molar-refractivity contribution in [2.75, 3.05) is 0 Å².